The third kappa shape index (κ3) is 6.47. The second kappa shape index (κ2) is 13.4. The molecule has 228 valence electrons. The summed E-state index contributed by atoms with van der Waals surface area (Å²) >= 11 is 0. The normalized spacial score (nSPS) is 15.2. The Labute approximate surface area is 265 Å². The van der Waals surface area contributed by atoms with Gasteiger partial charge in [-0.1, -0.05) is 97.9 Å². The van der Waals surface area contributed by atoms with Gasteiger partial charge in [-0.05, 0) is 66.3 Å². The summed E-state index contributed by atoms with van der Waals surface area (Å²) in [6.45, 7) is 6.95. The summed E-state index contributed by atoms with van der Waals surface area (Å²) in [5, 5.41) is 9.69. The first-order chi connectivity index (χ1) is 21.9. The Morgan fingerprint density at radius 1 is 0.778 bits per heavy atom. The molecule has 1 aliphatic rings. The molecule has 0 bridgehead atoms. The molecule has 0 aliphatic carbocycles. The minimum absolute atomic E-state index is 0.0221. The first-order valence-electron chi connectivity index (χ1n) is 15.7. The van der Waals surface area contributed by atoms with Crippen LogP contribution in [0.2, 0.25) is 0 Å². The number of para-hydroxylation sites is 1. The van der Waals surface area contributed by atoms with Crippen LogP contribution in [0.3, 0.4) is 0 Å². The van der Waals surface area contributed by atoms with Gasteiger partial charge in [0.25, 0.3) is 5.91 Å². The lowest BCUT2D eigenvalue weighted by Crippen LogP contribution is -2.55. The third-order valence-electron chi connectivity index (χ3n) is 8.81. The summed E-state index contributed by atoms with van der Waals surface area (Å²) in [5.41, 5.74) is 8.05. The molecule has 1 atom stereocenters. The molecule has 0 saturated carbocycles. The van der Waals surface area contributed by atoms with E-state index in [2.05, 4.69) is 69.8 Å². The highest BCUT2D eigenvalue weighted by molar-refractivity contribution is 6.01. The largest absolute Gasteiger partial charge is 0.478 e. The van der Waals surface area contributed by atoms with Gasteiger partial charge in [-0.15, -0.1) is 0 Å². The Morgan fingerprint density at radius 2 is 1.44 bits per heavy atom. The van der Waals surface area contributed by atoms with Crippen molar-refractivity contribution < 1.29 is 14.7 Å². The minimum atomic E-state index is -0.909. The number of carbonyl (C=O) groups excluding carboxylic acids is 1. The molecule has 0 radical (unpaired) electrons. The number of carboxylic acid groups (broad SMARTS) is 1. The molecule has 1 unspecified atom stereocenters. The van der Waals surface area contributed by atoms with Gasteiger partial charge >= 0.3 is 5.97 Å². The van der Waals surface area contributed by atoms with Crippen molar-refractivity contribution in [1.29, 1.82) is 0 Å². The molecule has 1 amide bonds. The van der Waals surface area contributed by atoms with Gasteiger partial charge in [0.1, 0.15) is 0 Å². The number of hydrogen-bond acceptors (Lipinski definition) is 3. The molecule has 1 aromatic heterocycles. The molecule has 1 fully saturated rings. The molecule has 5 aromatic rings. The van der Waals surface area contributed by atoms with E-state index in [-0.39, 0.29) is 11.9 Å². The van der Waals surface area contributed by atoms with E-state index in [1.165, 1.54) is 5.56 Å². The third-order valence-corrected chi connectivity index (χ3v) is 8.81. The Bertz CT molecular complexity index is 1780. The van der Waals surface area contributed by atoms with Crippen molar-refractivity contribution in [1.82, 2.24) is 14.4 Å². The van der Waals surface area contributed by atoms with Crippen LogP contribution in [0.25, 0.3) is 16.9 Å². The van der Waals surface area contributed by atoms with Crippen LogP contribution in [-0.2, 0) is 19.4 Å². The summed E-state index contributed by atoms with van der Waals surface area (Å²) in [6.07, 6.45) is 1.28. The van der Waals surface area contributed by atoms with E-state index in [0.717, 1.165) is 53.4 Å². The van der Waals surface area contributed by atoms with Crippen molar-refractivity contribution >= 4 is 11.9 Å². The number of carbonyl (C=O) groups is 2. The van der Waals surface area contributed by atoms with Crippen LogP contribution in [0.4, 0.5) is 0 Å². The Balaban J connectivity index is 1.38. The maximum Gasteiger partial charge on any atom is 0.335 e. The lowest BCUT2D eigenvalue weighted by Gasteiger charge is -2.42. The highest BCUT2D eigenvalue weighted by atomic mass is 16.4. The molecule has 6 heteroatoms. The van der Waals surface area contributed by atoms with Gasteiger partial charge in [0, 0.05) is 43.6 Å². The van der Waals surface area contributed by atoms with Crippen LogP contribution in [0.5, 0.6) is 0 Å². The molecule has 1 aliphatic heterocycles. The molecule has 0 spiro atoms. The van der Waals surface area contributed by atoms with E-state index >= 15 is 0 Å². The van der Waals surface area contributed by atoms with Crippen LogP contribution < -0.4 is 0 Å². The van der Waals surface area contributed by atoms with E-state index in [4.69, 9.17) is 0 Å². The number of aryl methyl sites for hydroxylation is 2. The van der Waals surface area contributed by atoms with Crippen molar-refractivity contribution in [2.45, 2.75) is 39.3 Å². The van der Waals surface area contributed by atoms with Gasteiger partial charge in [0.2, 0.25) is 0 Å². The van der Waals surface area contributed by atoms with Gasteiger partial charge in [-0.25, -0.2) is 4.79 Å². The summed E-state index contributed by atoms with van der Waals surface area (Å²) < 4.78 is 2.18. The van der Waals surface area contributed by atoms with Gasteiger partial charge in [0.05, 0.1) is 16.8 Å². The number of nitrogens with zero attached hydrogens (tertiary/aromatic N) is 3. The van der Waals surface area contributed by atoms with E-state index in [0.29, 0.717) is 30.5 Å². The number of benzene rings is 4. The zero-order valence-electron chi connectivity index (χ0n) is 25.9. The molecule has 1 saturated heterocycles. The zero-order valence-corrected chi connectivity index (χ0v) is 25.9. The van der Waals surface area contributed by atoms with Gasteiger partial charge in [-0.3, -0.25) is 9.69 Å². The Morgan fingerprint density at radius 3 is 2.11 bits per heavy atom. The van der Waals surface area contributed by atoms with Crippen molar-refractivity contribution in [3.05, 3.63) is 149 Å². The molecular formula is C39H39N3O3. The summed E-state index contributed by atoms with van der Waals surface area (Å²) in [5.74, 6) is -0.887. The lowest BCUT2D eigenvalue weighted by molar-refractivity contribution is 0.0439. The van der Waals surface area contributed by atoms with E-state index in [9.17, 15) is 14.7 Å². The summed E-state index contributed by atoms with van der Waals surface area (Å²) in [4.78, 5) is 31.0. The van der Waals surface area contributed by atoms with E-state index in [1.807, 2.05) is 67.6 Å². The second-order valence-corrected chi connectivity index (χ2v) is 11.8. The van der Waals surface area contributed by atoms with Crippen LogP contribution >= 0.6 is 0 Å². The second-order valence-electron chi connectivity index (χ2n) is 11.8. The van der Waals surface area contributed by atoms with Crippen molar-refractivity contribution in [2.24, 2.45) is 0 Å². The summed E-state index contributed by atoms with van der Waals surface area (Å²) in [7, 11) is 0. The monoisotopic (exact) mass is 597 g/mol. The van der Waals surface area contributed by atoms with Gasteiger partial charge in [0.15, 0.2) is 0 Å². The van der Waals surface area contributed by atoms with Crippen molar-refractivity contribution in [2.75, 3.05) is 19.6 Å². The molecular weight excluding hydrogens is 558 g/mol. The van der Waals surface area contributed by atoms with Crippen LogP contribution in [0, 0.1) is 6.92 Å². The summed E-state index contributed by atoms with van der Waals surface area (Å²) in [6, 6.07) is 38.4. The smallest absolute Gasteiger partial charge is 0.335 e. The lowest BCUT2D eigenvalue weighted by atomic mass is 9.95. The van der Waals surface area contributed by atoms with Gasteiger partial charge in [-0.2, -0.15) is 0 Å². The highest BCUT2D eigenvalue weighted by Crippen LogP contribution is 2.33. The van der Waals surface area contributed by atoms with E-state index < -0.39 is 5.97 Å². The first kappa shape index (κ1) is 30.1. The number of carboxylic acids is 1. The fraction of sp³-hybridized carbons (Fsp3) is 0.231. The molecule has 1 N–H and O–H groups in total. The number of piperazine rings is 1. The average Bonchev–Trinajstić information content (AvgIpc) is 3.42. The quantitative estimate of drug-likeness (QED) is 0.194. The number of aromatic carboxylic acids is 1. The van der Waals surface area contributed by atoms with Gasteiger partial charge < -0.3 is 14.6 Å². The number of aromatic nitrogens is 1. The van der Waals surface area contributed by atoms with Crippen LogP contribution in [-0.4, -0.2) is 57.0 Å². The Kier molecular flexibility index (Phi) is 8.94. The van der Waals surface area contributed by atoms with Crippen LogP contribution in [0.1, 0.15) is 50.0 Å². The predicted molar refractivity (Wildman–Crippen MR) is 179 cm³/mol. The van der Waals surface area contributed by atoms with Crippen molar-refractivity contribution in [3.8, 4) is 16.9 Å². The molecule has 6 nitrogen and oxygen atoms in total. The molecule has 6 rings (SSSR count). The highest BCUT2D eigenvalue weighted by Gasteiger charge is 2.34. The minimum Gasteiger partial charge on any atom is -0.478 e. The fourth-order valence-corrected chi connectivity index (χ4v) is 6.64. The molecule has 4 aromatic carbocycles. The SMILES string of the molecule is CCc1cc(CC2CN(Cc3ccccc3)CCN2C(=O)c2cc(C)n(-c3ccccc3)c2-c2ccccc2)ccc1C(=O)O. The average molecular weight is 598 g/mol. The Hall–Kier alpha value is -4.94. The number of hydrogen-bond donors (Lipinski definition) is 1. The predicted octanol–water partition coefficient (Wildman–Crippen LogP) is 7.28. The number of rotatable bonds is 9. The fourth-order valence-electron chi connectivity index (χ4n) is 6.64. The standard InChI is InChI=1S/C39H39N3O3/c1-3-31-24-30(19-20-35(31)39(44)45)25-34-27-40(26-29-13-7-4-8-14-29)21-22-41(34)38(43)36-23-28(2)42(33-17-11-6-12-18-33)37(36)32-15-9-5-10-16-32/h4-20,23-24,34H,3,21-22,25-27H2,1-2H3,(H,44,45). The van der Waals surface area contributed by atoms with Crippen LogP contribution in [0.15, 0.2) is 115 Å². The zero-order chi connectivity index (χ0) is 31.3. The first-order valence-corrected chi connectivity index (χ1v) is 15.7. The van der Waals surface area contributed by atoms with E-state index in [1.54, 1.807) is 6.07 Å². The molecule has 2 heterocycles. The maximum atomic E-state index is 14.7. The van der Waals surface area contributed by atoms with Crippen molar-refractivity contribution in [3.63, 3.8) is 0 Å². The maximum absolute atomic E-state index is 14.7. The number of amides is 1. The molecule has 45 heavy (non-hydrogen) atoms. The topological polar surface area (TPSA) is 65.8 Å².